The Bertz CT molecular complexity index is 813. The molecule has 0 aliphatic carbocycles. The van der Waals surface area contributed by atoms with Crippen LogP contribution in [0.1, 0.15) is 34.1 Å². The van der Waals surface area contributed by atoms with E-state index in [1.807, 2.05) is 13.1 Å². The third kappa shape index (κ3) is 3.14. The Hall–Kier alpha value is -2.36. The number of likely N-dealkylation sites (N-methyl/N-ethyl adjacent to an activating group) is 1. The van der Waals surface area contributed by atoms with Gasteiger partial charge in [0.15, 0.2) is 0 Å². The van der Waals surface area contributed by atoms with Crippen LogP contribution in [0.2, 0.25) is 5.02 Å². The summed E-state index contributed by atoms with van der Waals surface area (Å²) in [6.07, 6.45) is 2.24. The first kappa shape index (κ1) is 16.5. The number of likely N-dealkylation sites (tertiary alicyclic amines) is 1. The molecule has 1 aromatic carbocycles. The molecule has 0 spiro atoms. The van der Waals surface area contributed by atoms with Gasteiger partial charge in [-0.1, -0.05) is 17.7 Å². The van der Waals surface area contributed by atoms with E-state index in [4.69, 9.17) is 16.9 Å². The molecular formula is C17H16ClFN4O. The lowest BCUT2D eigenvalue weighted by atomic mass is 10.00. The summed E-state index contributed by atoms with van der Waals surface area (Å²) in [5.41, 5.74) is 1.51. The van der Waals surface area contributed by atoms with Crippen LogP contribution in [0, 0.1) is 17.1 Å². The number of halogens is 2. The Labute approximate surface area is 144 Å². The molecule has 2 aromatic rings. The molecule has 0 bridgehead atoms. The minimum absolute atomic E-state index is 0.0791. The number of amides is 1. The summed E-state index contributed by atoms with van der Waals surface area (Å²) in [6, 6.07) is 7.91. The Morgan fingerprint density at radius 1 is 1.50 bits per heavy atom. The van der Waals surface area contributed by atoms with Gasteiger partial charge in [0.1, 0.15) is 17.6 Å². The van der Waals surface area contributed by atoms with Gasteiger partial charge in [-0.05, 0) is 37.2 Å². The number of benzene rings is 1. The number of rotatable bonds is 3. The Balaban J connectivity index is 1.80. The number of hydrogen-bond donors (Lipinski definition) is 2. The molecule has 0 unspecified atom stereocenters. The molecule has 124 valence electrons. The van der Waals surface area contributed by atoms with Crippen molar-refractivity contribution < 1.29 is 9.18 Å². The molecule has 2 heterocycles. The molecule has 7 heteroatoms. The van der Waals surface area contributed by atoms with Crippen LogP contribution in [-0.2, 0) is 0 Å². The lowest BCUT2D eigenvalue weighted by molar-refractivity contribution is 0.0923. The van der Waals surface area contributed by atoms with E-state index in [0.717, 1.165) is 18.5 Å². The number of aromatic nitrogens is 1. The van der Waals surface area contributed by atoms with Gasteiger partial charge >= 0.3 is 0 Å². The second-order valence-electron chi connectivity index (χ2n) is 5.88. The first-order chi connectivity index (χ1) is 11.5. The summed E-state index contributed by atoms with van der Waals surface area (Å²) in [4.78, 5) is 17.2. The molecule has 24 heavy (non-hydrogen) atoms. The van der Waals surface area contributed by atoms with Crippen molar-refractivity contribution in [3.63, 3.8) is 0 Å². The van der Waals surface area contributed by atoms with E-state index in [1.54, 1.807) is 6.07 Å². The third-order valence-corrected chi connectivity index (χ3v) is 4.61. The van der Waals surface area contributed by atoms with Crippen LogP contribution >= 0.6 is 11.6 Å². The van der Waals surface area contributed by atoms with Gasteiger partial charge in [-0.25, -0.2) is 4.39 Å². The minimum Gasteiger partial charge on any atom is -0.356 e. The third-order valence-electron chi connectivity index (χ3n) is 4.31. The number of nitriles is 1. The largest absolute Gasteiger partial charge is 0.356 e. The summed E-state index contributed by atoms with van der Waals surface area (Å²) >= 11 is 5.75. The molecule has 2 atom stereocenters. The average Bonchev–Trinajstić information content (AvgIpc) is 3.17. The van der Waals surface area contributed by atoms with Gasteiger partial charge < -0.3 is 10.3 Å². The highest BCUT2D eigenvalue weighted by Crippen LogP contribution is 2.32. The number of carbonyl (C=O) groups is 1. The van der Waals surface area contributed by atoms with Crippen molar-refractivity contribution in [2.45, 2.75) is 18.5 Å². The summed E-state index contributed by atoms with van der Waals surface area (Å²) in [7, 11) is 1.94. The lowest BCUT2D eigenvalue weighted by Crippen LogP contribution is -2.39. The molecule has 1 amide bonds. The zero-order valence-electron chi connectivity index (χ0n) is 13.0. The maximum Gasteiger partial charge on any atom is 0.268 e. The first-order valence-electron chi connectivity index (χ1n) is 7.54. The summed E-state index contributed by atoms with van der Waals surface area (Å²) in [6.45, 7) is 0.786. The molecule has 1 fully saturated rings. The number of aromatic amines is 1. The van der Waals surface area contributed by atoms with E-state index >= 15 is 0 Å². The highest BCUT2D eigenvalue weighted by atomic mass is 35.5. The van der Waals surface area contributed by atoms with E-state index in [-0.39, 0.29) is 23.0 Å². The summed E-state index contributed by atoms with van der Waals surface area (Å²) in [5.74, 6) is -0.751. The van der Waals surface area contributed by atoms with Crippen LogP contribution in [0.3, 0.4) is 0 Å². The topological polar surface area (TPSA) is 71.9 Å². The summed E-state index contributed by atoms with van der Waals surface area (Å²) < 4.78 is 13.8. The maximum absolute atomic E-state index is 13.8. The second kappa shape index (κ2) is 6.63. The molecule has 1 saturated heterocycles. The normalized spacial score (nSPS) is 20.8. The maximum atomic E-state index is 13.8. The Morgan fingerprint density at radius 3 is 2.96 bits per heavy atom. The fraction of sp³-hybridized carbons (Fsp3) is 0.294. The highest BCUT2D eigenvalue weighted by molar-refractivity contribution is 6.30. The van der Waals surface area contributed by atoms with E-state index in [9.17, 15) is 9.18 Å². The predicted molar refractivity (Wildman–Crippen MR) is 88.2 cm³/mol. The molecular weight excluding hydrogens is 331 g/mol. The molecule has 5 nitrogen and oxygen atoms in total. The minimum atomic E-state index is -0.470. The van der Waals surface area contributed by atoms with Crippen LogP contribution in [0.25, 0.3) is 0 Å². The molecule has 1 aliphatic rings. The second-order valence-corrected chi connectivity index (χ2v) is 6.29. The van der Waals surface area contributed by atoms with Crippen molar-refractivity contribution in [2.75, 3.05) is 13.6 Å². The van der Waals surface area contributed by atoms with Crippen LogP contribution < -0.4 is 5.32 Å². The van der Waals surface area contributed by atoms with Crippen LogP contribution in [0.4, 0.5) is 4.39 Å². The monoisotopic (exact) mass is 346 g/mol. The van der Waals surface area contributed by atoms with Gasteiger partial charge in [0.2, 0.25) is 0 Å². The van der Waals surface area contributed by atoms with E-state index in [1.165, 1.54) is 24.4 Å². The molecule has 2 N–H and O–H groups in total. The van der Waals surface area contributed by atoms with Crippen LogP contribution in [0.15, 0.2) is 30.5 Å². The van der Waals surface area contributed by atoms with E-state index < -0.39 is 5.82 Å². The molecule has 1 aliphatic heterocycles. The van der Waals surface area contributed by atoms with Crippen molar-refractivity contribution in [3.8, 4) is 6.07 Å². The number of nitrogens with zero attached hydrogens (tertiary/aromatic N) is 2. The van der Waals surface area contributed by atoms with Crippen molar-refractivity contribution in [1.82, 2.24) is 15.2 Å². The fourth-order valence-corrected chi connectivity index (χ4v) is 3.23. The van der Waals surface area contributed by atoms with Crippen molar-refractivity contribution in [1.29, 1.82) is 5.26 Å². The fourth-order valence-electron chi connectivity index (χ4n) is 3.12. The van der Waals surface area contributed by atoms with Crippen molar-refractivity contribution in [3.05, 3.63) is 58.1 Å². The van der Waals surface area contributed by atoms with Gasteiger partial charge in [0.05, 0.1) is 22.7 Å². The standard InChI is InChI=1S/C17H16ClFN4O/c1-23-5-4-14(16(23)11-2-3-12(18)13(19)7-11)22-17(24)15-6-10(8-20)9-21-15/h2-3,6-7,9,14,16,21H,4-5H2,1H3,(H,22,24)/t14-,16-/m1/s1. The number of hydrogen-bond acceptors (Lipinski definition) is 3. The zero-order chi connectivity index (χ0) is 17.3. The van der Waals surface area contributed by atoms with Gasteiger partial charge in [-0.15, -0.1) is 0 Å². The lowest BCUT2D eigenvalue weighted by Gasteiger charge is -2.26. The number of nitrogens with one attached hydrogen (secondary N) is 2. The van der Waals surface area contributed by atoms with Crippen molar-refractivity contribution >= 4 is 17.5 Å². The quantitative estimate of drug-likeness (QED) is 0.897. The van der Waals surface area contributed by atoms with Gasteiger partial charge in [0, 0.05) is 12.7 Å². The van der Waals surface area contributed by atoms with Crippen LogP contribution in [0.5, 0.6) is 0 Å². The average molecular weight is 347 g/mol. The van der Waals surface area contributed by atoms with Gasteiger partial charge in [0.25, 0.3) is 5.91 Å². The van der Waals surface area contributed by atoms with Crippen LogP contribution in [-0.4, -0.2) is 35.4 Å². The molecule has 0 saturated carbocycles. The number of carbonyl (C=O) groups excluding carboxylic acids is 1. The van der Waals surface area contributed by atoms with E-state index in [2.05, 4.69) is 15.2 Å². The zero-order valence-corrected chi connectivity index (χ0v) is 13.8. The smallest absolute Gasteiger partial charge is 0.268 e. The van der Waals surface area contributed by atoms with Crippen molar-refractivity contribution in [2.24, 2.45) is 0 Å². The first-order valence-corrected chi connectivity index (χ1v) is 7.92. The summed E-state index contributed by atoms with van der Waals surface area (Å²) in [5, 5.41) is 11.9. The van der Waals surface area contributed by atoms with Gasteiger partial charge in [-0.3, -0.25) is 9.69 Å². The molecule has 1 aromatic heterocycles. The van der Waals surface area contributed by atoms with Gasteiger partial charge in [-0.2, -0.15) is 5.26 Å². The SMILES string of the molecule is CN1CC[C@@H](NC(=O)c2cc(C#N)c[nH]2)[C@H]1c1ccc(Cl)c(F)c1. The predicted octanol–water partition coefficient (Wildman–Crippen LogP) is 2.85. The van der Waals surface area contributed by atoms with E-state index in [0.29, 0.717) is 11.3 Å². The highest BCUT2D eigenvalue weighted by Gasteiger charge is 2.34. The Kier molecular flexibility index (Phi) is 4.56. The molecule has 3 rings (SSSR count). The molecule has 0 radical (unpaired) electrons. The Morgan fingerprint density at radius 2 is 2.29 bits per heavy atom. The number of H-pyrrole nitrogens is 1.